The molecule has 0 fully saturated rings. The molecule has 0 aliphatic rings. The van der Waals surface area contributed by atoms with Crippen molar-refractivity contribution in [3.8, 4) is 0 Å². The average molecular weight is 439 g/mol. The molecule has 0 aliphatic carbocycles. The van der Waals surface area contributed by atoms with Crippen LogP contribution >= 0.6 is 0 Å². The fourth-order valence-corrected chi connectivity index (χ4v) is 2.90. The molecule has 3 aromatic rings. The number of hydrogen-bond acceptors (Lipinski definition) is 4. The molecule has 0 atom stereocenters. The number of amides is 2. The lowest BCUT2D eigenvalue weighted by Crippen LogP contribution is -2.32. The maximum absolute atomic E-state index is 12.8. The van der Waals surface area contributed by atoms with Crippen molar-refractivity contribution in [2.45, 2.75) is 0 Å². The molecular weight excluding hydrogens is 412 g/mol. The summed E-state index contributed by atoms with van der Waals surface area (Å²) in [6, 6.07) is 26.1. The standard InChI is InChI=1S/C27H26N4O2/c1-31(2)24-17-15-22(16-18-24)20-25(29-26(32)23-13-7-4-8-14-23)27(33)30-28-19-9-12-21-10-5-3-6-11-21/h3-20H,1-2H3,(H,29,32)(H,30,33)/b12-9+,25-20+,28-19?. The number of rotatable bonds is 8. The third kappa shape index (κ3) is 7.33. The van der Waals surface area contributed by atoms with Crippen LogP contribution in [-0.2, 0) is 4.79 Å². The van der Waals surface area contributed by atoms with Crippen molar-refractivity contribution >= 4 is 35.9 Å². The highest BCUT2D eigenvalue weighted by Crippen LogP contribution is 2.14. The fourth-order valence-electron chi connectivity index (χ4n) is 2.90. The molecule has 0 spiro atoms. The molecule has 0 saturated carbocycles. The van der Waals surface area contributed by atoms with Gasteiger partial charge in [0.05, 0.1) is 0 Å². The Labute approximate surface area is 193 Å². The van der Waals surface area contributed by atoms with E-state index in [1.807, 2.05) is 85.7 Å². The van der Waals surface area contributed by atoms with E-state index in [2.05, 4.69) is 15.8 Å². The highest BCUT2D eigenvalue weighted by Gasteiger charge is 2.14. The second-order valence-electron chi connectivity index (χ2n) is 7.35. The summed E-state index contributed by atoms with van der Waals surface area (Å²) < 4.78 is 0. The SMILES string of the molecule is CN(C)c1ccc(/C=C(/NC(=O)c2ccccc2)C(=O)NN=C/C=C/c2ccccc2)cc1. The van der Waals surface area contributed by atoms with E-state index in [0.29, 0.717) is 5.56 Å². The van der Waals surface area contributed by atoms with Gasteiger partial charge in [-0.1, -0.05) is 66.7 Å². The van der Waals surface area contributed by atoms with Gasteiger partial charge >= 0.3 is 0 Å². The highest BCUT2D eigenvalue weighted by molar-refractivity contribution is 6.05. The van der Waals surface area contributed by atoms with Gasteiger partial charge in [-0.15, -0.1) is 0 Å². The van der Waals surface area contributed by atoms with Gasteiger partial charge in [-0.05, 0) is 47.5 Å². The van der Waals surface area contributed by atoms with Crippen LogP contribution in [0.15, 0.2) is 102 Å². The number of allylic oxidation sites excluding steroid dienone is 1. The van der Waals surface area contributed by atoms with Crippen LogP contribution in [0.4, 0.5) is 5.69 Å². The van der Waals surface area contributed by atoms with Crippen LogP contribution in [0.5, 0.6) is 0 Å². The Morgan fingerprint density at radius 2 is 1.45 bits per heavy atom. The van der Waals surface area contributed by atoms with Crippen molar-refractivity contribution in [2.75, 3.05) is 19.0 Å². The molecule has 6 nitrogen and oxygen atoms in total. The number of hydrogen-bond donors (Lipinski definition) is 2. The molecule has 6 heteroatoms. The summed E-state index contributed by atoms with van der Waals surface area (Å²) in [6.07, 6.45) is 6.69. The summed E-state index contributed by atoms with van der Waals surface area (Å²) in [5.74, 6) is -0.907. The maximum atomic E-state index is 12.8. The van der Waals surface area contributed by atoms with Gasteiger partial charge in [-0.25, -0.2) is 5.43 Å². The highest BCUT2D eigenvalue weighted by atomic mass is 16.2. The van der Waals surface area contributed by atoms with Crippen LogP contribution in [0.2, 0.25) is 0 Å². The normalized spacial score (nSPS) is 11.5. The Morgan fingerprint density at radius 3 is 2.09 bits per heavy atom. The fraction of sp³-hybridized carbons (Fsp3) is 0.0741. The summed E-state index contributed by atoms with van der Waals surface area (Å²) >= 11 is 0. The van der Waals surface area contributed by atoms with Crippen molar-refractivity contribution < 1.29 is 9.59 Å². The Bertz CT molecular complexity index is 1150. The van der Waals surface area contributed by atoms with E-state index in [0.717, 1.165) is 16.8 Å². The minimum Gasteiger partial charge on any atom is -0.378 e. The average Bonchev–Trinajstić information content (AvgIpc) is 2.84. The zero-order valence-electron chi connectivity index (χ0n) is 18.6. The zero-order valence-corrected chi connectivity index (χ0v) is 18.6. The predicted molar refractivity (Wildman–Crippen MR) is 135 cm³/mol. The van der Waals surface area contributed by atoms with E-state index in [9.17, 15) is 9.59 Å². The second-order valence-corrected chi connectivity index (χ2v) is 7.35. The lowest BCUT2D eigenvalue weighted by molar-refractivity contribution is -0.117. The van der Waals surface area contributed by atoms with Crippen LogP contribution < -0.4 is 15.6 Å². The van der Waals surface area contributed by atoms with Crippen molar-refractivity contribution in [3.05, 3.63) is 113 Å². The Balaban J connectivity index is 1.75. The number of carbonyl (C=O) groups is 2. The first-order valence-corrected chi connectivity index (χ1v) is 10.4. The monoisotopic (exact) mass is 438 g/mol. The van der Waals surface area contributed by atoms with E-state index in [-0.39, 0.29) is 11.6 Å². The van der Waals surface area contributed by atoms with Crippen LogP contribution in [0.25, 0.3) is 12.2 Å². The molecular formula is C27H26N4O2. The zero-order chi connectivity index (χ0) is 23.5. The van der Waals surface area contributed by atoms with Crippen molar-refractivity contribution in [1.29, 1.82) is 0 Å². The third-order valence-corrected chi connectivity index (χ3v) is 4.66. The van der Waals surface area contributed by atoms with Gasteiger partial charge in [-0.3, -0.25) is 9.59 Å². The number of benzene rings is 3. The maximum Gasteiger partial charge on any atom is 0.287 e. The minimum absolute atomic E-state index is 0.0886. The largest absolute Gasteiger partial charge is 0.378 e. The lowest BCUT2D eigenvalue weighted by Gasteiger charge is -2.12. The number of hydrazone groups is 1. The summed E-state index contributed by atoms with van der Waals surface area (Å²) in [5, 5.41) is 6.65. The van der Waals surface area contributed by atoms with Crippen LogP contribution in [0.3, 0.4) is 0 Å². The van der Waals surface area contributed by atoms with Crippen LogP contribution in [-0.4, -0.2) is 32.1 Å². The summed E-state index contributed by atoms with van der Waals surface area (Å²) in [4.78, 5) is 27.4. The molecule has 166 valence electrons. The van der Waals surface area contributed by atoms with Crippen molar-refractivity contribution in [3.63, 3.8) is 0 Å². The quantitative estimate of drug-likeness (QED) is 0.312. The van der Waals surface area contributed by atoms with Gasteiger partial charge in [0.1, 0.15) is 5.70 Å². The van der Waals surface area contributed by atoms with Crippen molar-refractivity contribution in [1.82, 2.24) is 10.7 Å². The molecule has 0 heterocycles. The van der Waals surface area contributed by atoms with E-state index >= 15 is 0 Å². The van der Waals surface area contributed by atoms with Gasteiger partial charge in [0.2, 0.25) is 0 Å². The minimum atomic E-state index is -0.527. The van der Waals surface area contributed by atoms with Gasteiger partial charge < -0.3 is 10.2 Å². The lowest BCUT2D eigenvalue weighted by atomic mass is 10.1. The summed E-state index contributed by atoms with van der Waals surface area (Å²) in [6.45, 7) is 0. The van der Waals surface area contributed by atoms with E-state index in [1.165, 1.54) is 6.21 Å². The number of nitrogens with one attached hydrogen (secondary N) is 2. The molecule has 2 N–H and O–H groups in total. The molecule has 0 bridgehead atoms. The predicted octanol–water partition coefficient (Wildman–Crippen LogP) is 4.34. The third-order valence-electron chi connectivity index (χ3n) is 4.66. The number of nitrogens with zero attached hydrogens (tertiary/aromatic N) is 2. The molecule has 3 aromatic carbocycles. The van der Waals surface area contributed by atoms with E-state index in [1.54, 1.807) is 36.4 Å². The second kappa shape index (κ2) is 11.8. The van der Waals surface area contributed by atoms with E-state index in [4.69, 9.17) is 0 Å². The molecule has 0 aromatic heterocycles. The molecule has 0 saturated heterocycles. The number of carbonyl (C=O) groups excluding carboxylic acids is 2. The molecule has 0 radical (unpaired) electrons. The summed E-state index contributed by atoms with van der Waals surface area (Å²) in [7, 11) is 3.90. The molecule has 0 unspecified atom stereocenters. The molecule has 3 rings (SSSR count). The van der Waals surface area contributed by atoms with Gasteiger partial charge in [0.15, 0.2) is 0 Å². The number of anilines is 1. The smallest absolute Gasteiger partial charge is 0.287 e. The Kier molecular flexibility index (Phi) is 8.31. The van der Waals surface area contributed by atoms with Gasteiger partial charge in [0.25, 0.3) is 11.8 Å². The van der Waals surface area contributed by atoms with Gasteiger partial charge in [0, 0.05) is 31.6 Å². The first kappa shape index (κ1) is 23.2. The molecule has 33 heavy (non-hydrogen) atoms. The Hall–Kier alpha value is -4.45. The molecule has 2 amide bonds. The van der Waals surface area contributed by atoms with E-state index < -0.39 is 5.91 Å². The topological polar surface area (TPSA) is 73.8 Å². The Morgan fingerprint density at radius 1 is 0.818 bits per heavy atom. The molecule has 0 aliphatic heterocycles. The first-order valence-electron chi connectivity index (χ1n) is 10.4. The van der Waals surface area contributed by atoms with Crippen LogP contribution in [0, 0.1) is 0 Å². The van der Waals surface area contributed by atoms with Crippen molar-refractivity contribution in [2.24, 2.45) is 5.10 Å². The first-order chi connectivity index (χ1) is 16.0. The van der Waals surface area contributed by atoms with Gasteiger partial charge in [-0.2, -0.15) is 5.10 Å². The van der Waals surface area contributed by atoms with Crippen LogP contribution in [0.1, 0.15) is 21.5 Å². The summed E-state index contributed by atoms with van der Waals surface area (Å²) in [5.41, 5.74) is 5.82.